The molecule has 4 rings (SSSR count). The number of ether oxygens (including phenoxy) is 2. The molecule has 8 nitrogen and oxygen atoms in total. The molecule has 154 valence electrons. The van der Waals surface area contributed by atoms with E-state index in [2.05, 4.69) is 15.0 Å². The third kappa shape index (κ3) is 4.24. The van der Waals surface area contributed by atoms with Crippen molar-refractivity contribution < 1.29 is 18.7 Å². The van der Waals surface area contributed by atoms with Crippen LogP contribution in [0.3, 0.4) is 0 Å². The predicted octanol–water partition coefficient (Wildman–Crippen LogP) is 2.16. The number of fused-ring (bicyclic) bond motifs is 1. The zero-order valence-electron chi connectivity index (χ0n) is 16.3. The Morgan fingerprint density at radius 2 is 2.17 bits per heavy atom. The molecule has 0 aliphatic carbocycles. The van der Waals surface area contributed by atoms with Crippen molar-refractivity contribution in [3.63, 3.8) is 0 Å². The smallest absolute Gasteiger partial charge is 0.267 e. The van der Waals surface area contributed by atoms with Gasteiger partial charge in [0.2, 0.25) is 5.88 Å². The van der Waals surface area contributed by atoms with Gasteiger partial charge in [0, 0.05) is 39.4 Å². The van der Waals surface area contributed by atoms with Crippen molar-refractivity contribution in [2.75, 3.05) is 51.4 Å². The van der Waals surface area contributed by atoms with Gasteiger partial charge in [0.05, 0.1) is 30.5 Å². The minimum Gasteiger partial charge on any atom is -0.479 e. The highest BCUT2D eigenvalue weighted by Gasteiger charge is 2.27. The van der Waals surface area contributed by atoms with Crippen molar-refractivity contribution in [1.29, 1.82) is 0 Å². The Morgan fingerprint density at radius 3 is 2.93 bits per heavy atom. The first-order valence-electron chi connectivity index (χ1n) is 9.31. The molecular formula is C19H22FN5O3S. The average Bonchev–Trinajstić information content (AvgIpc) is 3.31. The summed E-state index contributed by atoms with van der Waals surface area (Å²) in [4.78, 5) is 21.8. The number of carbonyl (C=O) groups excluding carboxylic acids is 1. The van der Waals surface area contributed by atoms with E-state index in [4.69, 9.17) is 9.47 Å². The number of nitrogens with zero attached hydrogens (tertiary/aromatic N) is 5. The molecule has 1 amide bonds. The predicted molar refractivity (Wildman–Crippen MR) is 108 cm³/mol. The summed E-state index contributed by atoms with van der Waals surface area (Å²) in [7, 11) is 3.22. The SMILES string of the molecule is COc1nn(C)cc1C(=O)N(CCN1CCOCC1)c1nc2ccc(F)cc2s1. The minimum absolute atomic E-state index is 0.247. The van der Waals surface area contributed by atoms with E-state index in [9.17, 15) is 9.18 Å². The second-order valence-corrected chi connectivity index (χ2v) is 7.75. The van der Waals surface area contributed by atoms with E-state index in [1.54, 1.807) is 28.9 Å². The van der Waals surface area contributed by atoms with Crippen LogP contribution < -0.4 is 9.64 Å². The highest BCUT2D eigenvalue weighted by atomic mass is 32.1. The lowest BCUT2D eigenvalue weighted by atomic mass is 10.3. The molecule has 3 aromatic rings. The van der Waals surface area contributed by atoms with Crippen LogP contribution in [0.25, 0.3) is 10.2 Å². The quantitative estimate of drug-likeness (QED) is 0.610. The Hall–Kier alpha value is -2.56. The highest BCUT2D eigenvalue weighted by molar-refractivity contribution is 7.22. The number of aromatic nitrogens is 3. The number of carbonyl (C=O) groups is 1. The molecular weight excluding hydrogens is 397 g/mol. The van der Waals surface area contributed by atoms with Crippen LogP contribution in [0.5, 0.6) is 5.88 Å². The molecule has 2 aromatic heterocycles. The van der Waals surface area contributed by atoms with Crippen LogP contribution in [-0.2, 0) is 11.8 Å². The van der Waals surface area contributed by atoms with Crippen LogP contribution in [0.1, 0.15) is 10.4 Å². The fraction of sp³-hybridized carbons (Fsp3) is 0.421. The molecule has 3 heterocycles. The highest BCUT2D eigenvalue weighted by Crippen LogP contribution is 2.31. The number of anilines is 1. The first kappa shape index (κ1) is 19.7. The topological polar surface area (TPSA) is 72.7 Å². The van der Waals surface area contributed by atoms with Gasteiger partial charge in [-0.25, -0.2) is 9.37 Å². The van der Waals surface area contributed by atoms with Crippen molar-refractivity contribution in [3.05, 3.63) is 35.8 Å². The molecule has 10 heteroatoms. The fourth-order valence-electron chi connectivity index (χ4n) is 3.26. The van der Waals surface area contributed by atoms with Gasteiger partial charge >= 0.3 is 0 Å². The van der Waals surface area contributed by atoms with Gasteiger partial charge in [0.1, 0.15) is 11.4 Å². The molecule has 0 bridgehead atoms. The fourth-order valence-corrected chi connectivity index (χ4v) is 4.28. The van der Waals surface area contributed by atoms with Crippen LogP contribution >= 0.6 is 11.3 Å². The summed E-state index contributed by atoms with van der Waals surface area (Å²) in [5.74, 6) is -0.309. The number of thiazole rings is 1. The maximum absolute atomic E-state index is 13.6. The number of amides is 1. The van der Waals surface area contributed by atoms with E-state index in [1.807, 2.05) is 0 Å². The average molecular weight is 419 g/mol. The Morgan fingerprint density at radius 1 is 1.38 bits per heavy atom. The summed E-state index contributed by atoms with van der Waals surface area (Å²) >= 11 is 1.29. The lowest BCUT2D eigenvalue weighted by Crippen LogP contribution is -2.43. The summed E-state index contributed by atoms with van der Waals surface area (Å²) in [5, 5.41) is 4.71. The number of hydrogen-bond donors (Lipinski definition) is 0. The van der Waals surface area contributed by atoms with Gasteiger partial charge in [-0.15, -0.1) is 5.10 Å². The van der Waals surface area contributed by atoms with Crippen LogP contribution in [-0.4, -0.2) is 72.1 Å². The maximum Gasteiger partial charge on any atom is 0.267 e. The van der Waals surface area contributed by atoms with Gasteiger partial charge in [-0.3, -0.25) is 19.3 Å². The van der Waals surface area contributed by atoms with Gasteiger partial charge in [0.25, 0.3) is 5.91 Å². The van der Waals surface area contributed by atoms with E-state index >= 15 is 0 Å². The molecule has 0 spiro atoms. The van der Waals surface area contributed by atoms with Crippen LogP contribution in [0.2, 0.25) is 0 Å². The van der Waals surface area contributed by atoms with Gasteiger partial charge < -0.3 is 9.47 Å². The Kier molecular flexibility index (Phi) is 5.74. The molecule has 0 N–H and O–H groups in total. The summed E-state index contributed by atoms with van der Waals surface area (Å²) < 4.78 is 26.5. The van der Waals surface area contributed by atoms with Crippen molar-refractivity contribution in [3.8, 4) is 5.88 Å². The second-order valence-electron chi connectivity index (χ2n) is 6.75. The Balaban J connectivity index is 1.66. The van der Waals surface area contributed by atoms with E-state index in [1.165, 1.54) is 30.6 Å². The maximum atomic E-state index is 13.6. The Bertz CT molecular complexity index is 1010. The van der Waals surface area contributed by atoms with Gasteiger partial charge in [0.15, 0.2) is 5.13 Å². The first-order chi connectivity index (χ1) is 14.0. The number of rotatable bonds is 6. The number of benzene rings is 1. The molecule has 1 aliphatic heterocycles. The monoisotopic (exact) mass is 419 g/mol. The molecule has 29 heavy (non-hydrogen) atoms. The van der Waals surface area contributed by atoms with Gasteiger partial charge in [-0.05, 0) is 18.2 Å². The summed E-state index contributed by atoms with van der Waals surface area (Å²) in [6.45, 7) is 4.14. The molecule has 0 saturated carbocycles. The van der Waals surface area contributed by atoms with Crippen molar-refractivity contribution in [2.24, 2.45) is 7.05 Å². The third-order valence-electron chi connectivity index (χ3n) is 4.78. The van der Waals surface area contributed by atoms with E-state index in [-0.39, 0.29) is 17.6 Å². The normalized spacial score (nSPS) is 15.0. The third-order valence-corrected chi connectivity index (χ3v) is 5.82. The van der Waals surface area contributed by atoms with Crippen LogP contribution in [0, 0.1) is 5.82 Å². The molecule has 0 unspecified atom stereocenters. The van der Waals surface area contributed by atoms with E-state index in [0.717, 1.165) is 13.1 Å². The van der Waals surface area contributed by atoms with Crippen molar-refractivity contribution in [2.45, 2.75) is 0 Å². The number of halogens is 1. The second kappa shape index (κ2) is 8.44. The van der Waals surface area contributed by atoms with Crippen LogP contribution in [0.15, 0.2) is 24.4 Å². The van der Waals surface area contributed by atoms with Gasteiger partial charge in [-0.2, -0.15) is 0 Å². The molecule has 0 atom stereocenters. The number of hydrogen-bond acceptors (Lipinski definition) is 7. The van der Waals surface area contributed by atoms with Crippen molar-refractivity contribution in [1.82, 2.24) is 19.7 Å². The molecule has 1 aromatic carbocycles. The zero-order valence-corrected chi connectivity index (χ0v) is 17.1. The molecule has 1 saturated heterocycles. The van der Waals surface area contributed by atoms with Crippen molar-refractivity contribution >= 4 is 32.6 Å². The minimum atomic E-state index is -0.326. The molecule has 1 aliphatic rings. The van der Waals surface area contributed by atoms with Crippen LogP contribution in [0.4, 0.5) is 9.52 Å². The molecule has 1 fully saturated rings. The Labute approximate surface area is 171 Å². The number of aryl methyl sites for hydroxylation is 1. The van der Waals surface area contributed by atoms with E-state index < -0.39 is 0 Å². The summed E-state index contributed by atoms with van der Waals surface area (Å²) in [5.41, 5.74) is 1.02. The van der Waals surface area contributed by atoms with Gasteiger partial charge in [-0.1, -0.05) is 11.3 Å². The molecule has 0 radical (unpaired) electrons. The standard InChI is InChI=1S/C19H22FN5O3S/c1-23-12-14(17(22-23)27-2)18(26)25(6-5-24-7-9-28-10-8-24)19-21-15-4-3-13(20)11-16(15)29-19/h3-4,11-12H,5-10H2,1-2H3. The summed E-state index contributed by atoms with van der Waals surface area (Å²) in [6.07, 6.45) is 1.63. The zero-order chi connectivity index (χ0) is 20.4. The first-order valence-corrected chi connectivity index (χ1v) is 10.1. The summed E-state index contributed by atoms with van der Waals surface area (Å²) in [6, 6.07) is 4.43. The van der Waals surface area contributed by atoms with E-state index in [0.29, 0.717) is 47.2 Å². The number of methoxy groups -OCH3 is 1. The largest absolute Gasteiger partial charge is 0.479 e. The lowest BCUT2D eigenvalue weighted by molar-refractivity contribution is 0.0391. The lowest BCUT2D eigenvalue weighted by Gasteiger charge is -2.29. The number of morpholine rings is 1.